The van der Waals surface area contributed by atoms with E-state index in [0.29, 0.717) is 17.1 Å². The van der Waals surface area contributed by atoms with Crippen LogP contribution < -0.4 is 4.74 Å². The second kappa shape index (κ2) is 9.89. The fourth-order valence-corrected chi connectivity index (χ4v) is 3.10. The number of hydrogen-bond donors (Lipinski definition) is 1. The van der Waals surface area contributed by atoms with Crippen LogP contribution in [0.4, 0.5) is 0 Å². The number of aromatic nitrogens is 2. The molecule has 152 valence electrons. The lowest BCUT2D eigenvalue weighted by atomic mass is 10.1. The summed E-state index contributed by atoms with van der Waals surface area (Å²) in [6.07, 6.45) is 4.23. The maximum Gasteiger partial charge on any atom is 0.337 e. The molecule has 0 unspecified atom stereocenters. The molecule has 0 saturated carbocycles. The predicted octanol–water partition coefficient (Wildman–Crippen LogP) is 4.89. The smallest absolute Gasteiger partial charge is 0.337 e. The SMILES string of the molecule is CCCCN(C)Cc1[nH]ncc1-c1ccc(Oc2cccc(C(=O)OC)c2)cc1. The van der Waals surface area contributed by atoms with Gasteiger partial charge in [0, 0.05) is 12.1 Å². The van der Waals surface area contributed by atoms with Crippen LogP contribution in [0.25, 0.3) is 11.1 Å². The largest absolute Gasteiger partial charge is 0.465 e. The van der Waals surface area contributed by atoms with Crippen LogP contribution in [0.15, 0.2) is 54.7 Å². The number of hydrogen-bond acceptors (Lipinski definition) is 5. The first kappa shape index (κ1) is 20.6. The maximum absolute atomic E-state index is 11.7. The number of aromatic amines is 1. The molecule has 0 amide bonds. The van der Waals surface area contributed by atoms with E-state index >= 15 is 0 Å². The molecule has 0 fully saturated rings. The van der Waals surface area contributed by atoms with Gasteiger partial charge in [0.15, 0.2) is 0 Å². The quantitative estimate of drug-likeness (QED) is 0.525. The van der Waals surface area contributed by atoms with E-state index < -0.39 is 0 Å². The number of nitrogens with zero attached hydrogens (tertiary/aromatic N) is 2. The molecule has 0 saturated heterocycles. The summed E-state index contributed by atoms with van der Waals surface area (Å²) in [6, 6.07) is 14.8. The van der Waals surface area contributed by atoms with Crippen molar-refractivity contribution in [3.05, 3.63) is 66.0 Å². The Morgan fingerprint density at radius 2 is 1.93 bits per heavy atom. The van der Waals surface area contributed by atoms with Crippen LogP contribution in [-0.2, 0) is 11.3 Å². The van der Waals surface area contributed by atoms with Crippen LogP contribution in [0, 0.1) is 0 Å². The molecule has 1 heterocycles. The van der Waals surface area contributed by atoms with Gasteiger partial charge in [-0.3, -0.25) is 5.10 Å². The number of carbonyl (C=O) groups is 1. The number of H-pyrrole nitrogens is 1. The summed E-state index contributed by atoms with van der Waals surface area (Å²) in [4.78, 5) is 14.0. The average Bonchev–Trinajstić information content (AvgIpc) is 3.20. The molecule has 0 bridgehead atoms. The Hall–Kier alpha value is -3.12. The number of unbranched alkanes of at least 4 members (excludes halogenated alkanes) is 1. The summed E-state index contributed by atoms with van der Waals surface area (Å²) in [5.74, 6) is 0.894. The molecule has 2 aromatic carbocycles. The van der Waals surface area contributed by atoms with Crippen molar-refractivity contribution in [3.63, 3.8) is 0 Å². The van der Waals surface area contributed by atoms with Crippen molar-refractivity contribution >= 4 is 5.97 Å². The minimum atomic E-state index is -0.387. The minimum Gasteiger partial charge on any atom is -0.465 e. The second-order valence-electron chi connectivity index (χ2n) is 7.00. The third-order valence-electron chi connectivity index (χ3n) is 4.70. The Morgan fingerprint density at radius 3 is 2.66 bits per heavy atom. The monoisotopic (exact) mass is 393 g/mol. The van der Waals surface area contributed by atoms with Gasteiger partial charge in [0.2, 0.25) is 0 Å². The summed E-state index contributed by atoms with van der Waals surface area (Å²) < 4.78 is 10.6. The number of esters is 1. The predicted molar refractivity (Wildman–Crippen MR) is 113 cm³/mol. The summed E-state index contributed by atoms with van der Waals surface area (Å²) >= 11 is 0. The molecule has 0 radical (unpaired) electrons. The number of rotatable bonds is 9. The van der Waals surface area contributed by atoms with Crippen molar-refractivity contribution in [2.24, 2.45) is 0 Å². The summed E-state index contributed by atoms with van der Waals surface area (Å²) in [7, 11) is 3.49. The molecular weight excluding hydrogens is 366 g/mol. The molecule has 6 nitrogen and oxygen atoms in total. The van der Waals surface area contributed by atoms with Gasteiger partial charge in [-0.05, 0) is 55.9 Å². The first-order valence-electron chi connectivity index (χ1n) is 9.78. The van der Waals surface area contributed by atoms with Gasteiger partial charge in [0.1, 0.15) is 11.5 Å². The molecule has 1 aromatic heterocycles. The number of benzene rings is 2. The van der Waals surface area contributed by atoms with E-state index in [-0.39, 0.29) is 5.97 Å². The molecule has 0 atom stereocenters. The summed E-state index contributed by atoms with van der Waals surface area (Å²) in [5.41, 5.74) is 3.72. The van der Waals surface area contributed by atoms with Crippen molar-refractivity contribution < 1.29 is 14.3 Å². The number of methoxy groups -OCH3 is 1. The lowest BCUT2D eigenvalue weighted by Gasteiger charge is -2.16. The molecule has 3 aromatic rings. The highest BCUT2D eigenvalue weighted by Gasteiger charge is 2.11. The number of carbonyl (C=O) groups excluding carboxylic acids is 1. The highest BCUT2D eigenvalue weighted by Crippen LogP contribution is 2.28. The lowest BCUT2D eigenvalue weighted by molar-refractivity contribution is 0.0600. The molecule has 0 spiro atoms. The van der Waals surface area contributed by atoms with Gasteiger partial charge in [0.25, 0.3) is 0 Å². The highest BCUT2D eigenvalue weighted by molar-refractivity contribution is 5.89. The van der Waals surface area contributed by atoms with Crippen LogP contribution in [0.3, 0.4) is 0 Å². The van der Waals surface area contributed by atoms with Crippen LogP contribution in [0.1, 0.15) is 35.8 Å². The Morgan fingerprint density at radius 1 is 1.14 bits per heavy atom. The van der Waals surface area contributed by atoms with E-state index in [4.69, 9.17) is 9.47 Å². The van der Waals surface area contributed by atoms with Gasteiger partial charge in [-0.25, -0.2) is 4.79 Å². The zero-order valence-electron chi connectivity index (χ0n) is 17.1. The van der Waals surface area contributed by atoms with Crippen LogP contribution >= 0.6 is 0 Å². The molecule has 29 heavy (non-hydrogen) atoms. The molecule has 0 aliphatic rings. The van der Waals surface area contributed by atoms with E-state index in [2.05, 4.69) is 29.1 Å². The molecule has 0 aliphatic carbocycles. The second-order valence-corrected chi connectivity index (χ2v) is 7.00. The summed E-state index contributed by atoms with van der Waals surface area (Å²) in [6.45, 7) is 4.09. The van der Waals surface area contributed by atoms with Gasteiger partial charge in [0.05, 0.1) is 24.6 Å². The van der Waals surface area contributed by atoms with Crippen molar-refractivity contribution in [2.75, 3.05) is 20.7 Å². The molecular formula is C23H27N3O3. The molecule has 1 N–H and O–H groups in total. The highest BCUT2D eigenvalue weighted by atomic mass is 16.5. The fourth-order valence-electron chi connectivity index (χ4n) is 3.10. The number of nitrogens with one attached hydrogen (secondary N) is 1. The van der Waals surface area contributed by atoms with Gasteiger partial charge in [-0.1, -0.05) is 31.5 Å². The Labute approximate surface area is 171 Å². The molecule has 3 rings (SSSR count). The normalized spacial score (nSPS) is 10.9. The Kier molecular flexibility index (Phi) is 7.03. The van der Waals surface area contributed by atoms with Crippen LogP contribution in [0.5, 0.6) is 11.5 Å². The number of ether oxygens (including phenoxy) is 2. The van der Waals surface area contributed by atoms with Crippen LogP contribution in [0.2, 0.25) is 0 Å². The van der Waals surface area contributed by atoms with E-state index in [1.54, 1.807) is 24.3 Å². The van der Waals surface area contributed by atoms with Gasteiger partial charge in [-0.15, -0.1) is 0 Å². The van der Waals surface area contributed by atoms with Crippen molar-refractivity contribution in [1.29, 1.82) is 0 Å². The average molecular weight is 393 g/mol. The summed E-state index contributed by atoms with van der Waals surface area (Å²) in [5, 5.41) is 7.35. The zero-order valence-corrected chi connectivity index (χ0v) is 17.1. The Bertz CT molecular complexity index is 935. The van der Waals surface area contributed by atoms with Crippen molar-refractivity contribution in [2.45, 2.75) is 26.3 Å². The first-order valence-corrected chi connectivity index (χ1v) is 9.78. The third-order valence-corrected chi connectivity index (χ3v) is 4.70. The van der Waals surface area contributed by atoms with E-state index in [0.717, 1.165) is 29.9 Å². The Balaban J connectivity index is 1.70. The van der Waals surface area contributed by atoms with Gasteiger partial charge in [-0.2, -0.15) is 5.10 Å². The minimum absolute atomic E-state index is 0.387. The van der Waals surface area contributed by atoms with E-state index in [9.17, 15) is 4.79 Å². The van der Waals surface area contributed by atoms with Crippen molar-refractivity contribution in [3.8, 4) is 22.6 Å². The molecule has 0 aliphatic heterocycles. The lowest BCUT2D eigenvalue weighted by Crippen LogP contribution is -2.19. The first-order chi connectivity index (χ1) is 14.1. The third kappa shape index (κ3) is 5.45. The maximum atomic E-state index is 11.7. The zero-order chi connectivity index (χ0) is 20.6. The van der Waals surface area contributed by atoms with E-state index in [1.165, 1.54) is 20.0 Å². The van der Waals surface area contributed by atoms with Crippen LogP contribution in [-0.4, -0.2) is 41.8 Å². The van der Waals surface area contributed by atoms with Gasteiger partial charge < -0.3 is 14.4 Å². The molecule has 6 heteroatoms. The van der Waals surface area contributed by atoms with E-state index in [1.807, 2.05) is 30.5 Å². The van der Waals surface area contributed by atoms with Crippen molar-refractivity contribution in [1.82, 2.24) is 15.1 Å². The van der Waals surface area contributed by atoms with Gasteiger partial charge >= 0.3 is 5.97 Å². The standard InChI is InChI=1S/C23H27N3O3/c1-4-5-13-26(2)16-22-21(15-24-25-22)17-9-11-19(12-10-17)29-20-8-6-7-18(14-20)23(27)28-3/h6-12,14-15H,4-5,13,16H2,1-3H3,(H,24,25). The topological polar surface area (TPSA) is 67.5 Å². The fraction of sp³-hybridized carbons (Fsp3) is 0.304.